The Morgan fingerprint density at radius 3 is 2.95 bits per heavy atom. The fraction of sp³-hybridized carbons (Fsp3) is 0.462. The molecule has 0 aliphatic carbocycles. The molecule has 0 saturated heterocycles. The van der Waals surface area contributed by atoms with Crippen molar-refractivity contribution in [3.63, 3.8) is 0 Å². The maximum absolute atomic E-state index is 5.34. The summed E-state index contributed by atoms with van der Waals surface area (Å²) < 4.78 is 8.28. The number of hydrogen-bond acceptors (Lipinski definition) is 5. The Balaban J connectivity index is 1.82. The van der Waals surface area contributed by atoms with Gasteiger partial charge in [0.25, 0.3) is 0 Å². The fourth-order valence-electron chi connectivity index (χ4n) is 2.51. The van der Waals surface area contributed by atoms with Crippen LogP contribution in [-0.2, 0) is 26.6 Å². The lowest BCUT2D eigenvalue weighted by atomic mass is 10.1. The van der Waals surface area contributed by atoms with Crippen molar-refractivity contribution >= 4 is 15.9 Å². The molecule has 0 atom stereocenters. The first-order chi connectivity index (χ1) is 9.69. The van der Waals surface area contributed by atoms with Gasteiger partial charge in [-0.1, -0.05) is 0 Å². The van der Waals surface area contributed by atoms with Crippen LogP contribution >= 0.6 is 15.9 Å². The molecule has 1 aliphatic heterocycles. The van der Waals surface area contributed by atoms with Crippen molar-refractivity contribution in [1.29, 1.82) is 0 Å². The molecule has 2 aromatic rings. The van der Waals surface area contributed by atoms with E-state index in [2.05, 4.69) is 35.9 Å². The highest BCUT2D eigenvalue weighted by Crippen LogP contribution is 2.26. The highest BCUT2D eigenvalue weighted by molar-refractivity contribution is 9.10. The van der Waals surface area contributed by atoms with Crippen LogP contribution in [0.15, 0.2) is 17.0 Å². The molecule has 0 spiro atoms. The van der Waals surface area contributed by atoms with E-state index in [1.54, 1.807) is 13.4 Å². The number of methoxy groups -OCH3 is 1. The van der Waals surface area contributed by atoms with Gasteiger partial charge in [0, 0.05) is 38.7 Å². The molecule has 3 rings (SSSR count). The molecule has 0 N–H and O–H groups in total. The number of nitrogens with zero attached hydrogens (tertiary/aromatic N) is 5. The minimum absolute atomic E-state index is 0.684. The molecule has 20 heavy (non-hydrogen) atoms. The molecule has 106 valence electrons. The molecule has 3 heterocycles. The first-order valence-electron chi connectivity index (χ1n) is 6.44. The summed E-state index contributed by atoms with van der Waals surface area (Å²) in [5.74, 6) is 0.684. The highest BCUT2D eigenvalue weighted by atomic mass is 79.9. The number of halogens is 1. The molecule has 0 radical (unpaired) electrons. The van der Waals surface area contributed by atoms with E-state index in [-0.39, 0.29) is 0 Å². The summed E-state index contributed by atoms with van der Waals surface area (Å²) in [5, 5.41) is 4.25. The van der Waals surface area contributed by atoms with Gasteiger partial charge in [-0.2, -0.15) is 5.10 Å². The Morgan fingerprint density at radius 1 is 1.40 bits per heavy atom. The van der Waals surface area contributed by atoms with E-state index < -0.39 is 0 Å². The van der Waals surface area contributed by atoms with E-state index in [0.717, 1.165) is 41.8 Å². The van der Waals surface area contributed by atoms with Gasteiger partial charge in [-0.05, 0) is 15.9 Å². The predicted octanol–water partition coefficient (Wildman–Crippen LogP) is 1.54. The van der Waals surface area contributed by atoms with E-state index in [9.17, 15) is 0 Å². The molecule has 0 amide bonds. The van der Waals surface area contributed by atoms with Gasteiger partial charge in [-0.3, -0.25) is 9.58 Å². The van der Waals surface area contributed by atoms with Gasteiger partial charge in [0.2, 0.25) is 5.88 Å². The average molecular weight is 338 g/mol. The van der Waals surface area contributed by atoms with Gasteiger partial charge in [0.15, 0.2) is 0 Å². The van der Waals surface area contributed by atoms with Crippen LogP contribution < -0.4 is 4.74 Å². The Labute approximate surface area is 125 Å². The third-order valence-corrected chi connectivity index (χ3v) is 4.28. The summed E-state index contributed by atoms with van der Waals surface area (Å²) in [4.78, 5) is 10.9. The quantitative estimate of drug-likeness (QED) is 0.850. The van der Waals surface area contributed by atoms with Crippen molar-refractivity contribution in [2.45, 2.75) is 19.5 Å². The van der Waals surface area contributed by atoms with Gasteiger partial charge in [-0.25, -0.2) is 9.97 Å². The Morgan fingerprint density at radius 2 is 2.25 bits per heavy atom. The van der Waals surface area contributed by atoms with Crippen LogP contribution in [0.1, 0.15) is 17.0 Å². The lowest BCUT2D eigenvalue weighted by molar-refractivity contribution is 0.230. The second-order valence-corrected chi connectivity index (χ2v) is 5.69. The van der Waals surface area contributed by atoms with Crippen LogP contribution in [0.4, 0.5) is 0 Å². The summed E-state index contributed by atoms with van der Waals surface area (Å²) in [5.41, 5.74) is 3.36. The number of ether oxygens (including phenoxy) is 1. The molecule has 2 aromatic heterocycles. The first kappa shape index (κ1) is 13.5. The highest BCUT2D eigenvalue weighted by Gasteiger charge is 2.23. The Hall–Kier alpha value is -1.47. The van der Waals surface area contributed by atoms with Crippen molar-refractivity contribution in [1.82, 2.24) is 24.6 Å². The summed E-state index contributed by atoms with van der Waals surface area (Å²) in [6.07, 6.45) is 4.33. The SMILES string of the molecule is COc1ncnc2c1CN(Cc1c(Br)cnn1C)CC2. The average Bonchev–Trinajstić information content (AvgIpc) is 2.78. The molecular formula is C13H16BrN5O. The smallest absolute Gasteiger partial charge is 0.220 e. The fourth-order valence-corrected chi connectivity index (χ4v) is 2.98. The molecule has 1 aliphatic rings. The normalized spacial score (nSPS) is 15.2. The van der Waals surface area contributed by atoms with E-state index in [1.165, 1.54) is 5.69 Å². The third-order valence-electron chi connectivity index (χ3n) is 3.62. The van der Waals surface area contributed by atoms with Gasteiger partial charge in [0.1, 0.15) is 6.33 Å². The first-order valence-corrected chi connectivity index (χ1v) is 7.24. The van der Waals surface area contributed by atoms with Gasteiger partial charge >= 0.3 is 0 Å². The van der Waals surface area contributed by atoms with Crippen molar-refractivity contribution in [3.05, 3.63) is 33.9 Å². The zero-order chi connectivity index (χ0) is 14.1. The van der Waals surface area contributed by atoms with Crippen LogP contribution in [0, 0.1) is 0 Å². The topological polar surface area (TPSA) is 56.1 Å². The zero-order valence-corrected chi connectivity index (χ0v) is 13.1. The summed E-state index contributed by atoms with van der Waals surface area (Å²) >= 11 is 3.54. The van der Waals surface area contributed by atoms with Gasteiger partial charge < -0.3 is 4.74 Å². The number of rotatable bonds is 3. The summed E-state index contributed by atoms with van der Waals surface area (Å²) in [6, 6.07) is 0. The Kier molecular flexibility index (Phi) is 3.71. The lowest BCUT2D eigenvalue weighted by Gasteiger charge is -2.28. The molecule has 0 unspecified atom stereocenters. The molecule has 0 aromatic carbocycles. The second-order valence-electron chi connectivity index (χ2n) is 4.83. The van der Waals surface area contributed by atoms with Crippen LogP contribution in [0.5, 0.6) is 5.88 Å². The van der Waals surface area contributed by atoms with E-state index in [0.29, 0.717) is 5.88 Å². The van der Waals surface area contributed by atoms with Gasteiger partial charge in [-0.15, -0.1) is 0 Å². The van der Waals surface area contributed by atoms with Crippen molar-refractivity contribution in [2.24, 2.45) is 7.05 Å². The van der Waals surface area contributed by atoms with Crippen molar-refractivity contribution < 1.29 is 4.74 Å². The van der Waals surface area contributed by atoms with Crippen LogP contribution in [-0.4, -0.2) is 38.3 Å². The molecule has 0 fully saturated rings. The zero-order valence-electron chi connectivity index (χ0n) is 11.5. The summed E-state index contributed by atoms with van der Waals surface area (Å²) in [6.45, 7) is 2.62. The molecular weight excluding hydrogens is 322 g/mol. The lowest BCUT2D eigenvalue weighted by Crippen LogP contribution is -2.32. The molecule has 0 saturated carbocycles. The summed E-state index contributed by atoms with van der Waals surface area (Å²) in [7, 11) is 3.61. The molecule has 6 nitrogen and oxygen atoms in total. The van der Waals surface area contributed by atoms with Crippen LogP contribution in [0.25, 0.3) is 0 Å². The Bertz CT molecular complexity index is 593. The third kappa shape index (κ3) is 2.43. The van der Waals surface area contributed by atoms with Crippen LogP contribution in [0.3, 0.4) is 0 Å². The molecule has 0 bridgehead atoms. The molecule has 7 heteroatoms. The number of aromatic nitrogens is 4. The van der Waals surface area contributed by atoms with Crippen molar-refractivity contribution in [2.75, 3.05) is 13.7 Å². The van der Waals surface area contributed by atoms with E-state index in [4.69, 9.17) is 4.74 Å². The standard InChI is InChI=1S/C13H16BrN5O/c1-18-12(10(14)5-17-18)7-19-4-3-11-9(6-19)13(20-2)16-8-15-11/h5,8H,3-4,6-7H2,1-2H3. The number of hydrogen-bond donors (Lipinski definition) is 0. The van der Waals surface area contributed by atoms with Gasteiger partial charge in [0.05, 0.1) is 29.2 Å². The minimum Gasteiger partial charge on any atom is -0.481 e. The number of aryl methyl sites for hydroxylation is 1. The monoisotopic (exact) mass is 337 g/mol. The predicted molar refractivity (Wildman–Crippen MR) is 77.3 cm³/mol. The number of fused-ring (bicyclic) bond motifs is 1. The maximum atomic E-state index is 5.34. The van der Waals surface area contributed by atoms with E-state index in [1.807, 2.05) is 17.9 Å². The second kappa shape index (κ2) is 5.49. The maximum Gasteiger partial charge on any atom is 0.220 e. The van der Waals surface area contributed by atoms with Crippen LogP contribution in [0.2, 0.25) is 0 Å². The minimum atomic E-state index is 0.684. The largest absolute Gasteiger partial charge is 0.481 e. The van der Waals surface area contributed by atoms with Crippen molar-refractivity contribution in [3.8, 4) is 5.88 Å². The van der Waals surface area contributed by atoms with E-state index >= 15 is 0 Å².